The summed E-state index contributed by atoms with van der Waals surface area (Å²) >= 11 is 0. The minimum absolute atomic E-state index is 0.0960. The zero-order chi connectivity index (χ0) is 17.0. The van der Waals surface area contributed by atoms with Gasteiger partial charge >= 0.3 is 0 Å². The van der Waals surface area contributed by atoms with Gasteiger partial charge in [0.15, 0.2) is 0 Å². The van der Waals surface area contributed by atoms with E-state index in [1.54, 1.807) is 6.07 Å². The van der Waals surface area contributed by atoms with Gasteiger partial charge in [-0.15, -0.1) is 0 Å². The minimum atomic E-state index is -0.240. The molecule has 4 nitrogen and oxygen atoms in total. The maximum Gasteiger partial charge on any atom is 0.134 e. The zero-order valence-corrected chi connectivity index (χ0v) is 14.0. The Kier molecular flexibility index (Phi) is 5.33. The molecule has 24 heavy (non-hydrogen) atoms. The number of halogens is 1. The summed E-state index contributed by atoms with van der Waals surface area (Å²) in [4.78, 5) is 0. The molecule has 2 heterocycles. The third-order valence-corrected chi connectivity index (χ3v) is 4.80. The molecule has 0 atom stereocenters. The molecule has 0 saturated carbocycles. The minimum Gasteiger partial charge on any atom is -0.460 e. The van der Waals surface area contributed by atoms with Gasteiger partial charge in [0, 0.05) is 30.7 Å². The third kappa shape index (κ3) is 3.86. The molecule has 5 heteroatoms. The predicted octanol–water partition coefficient (Wildman–Crippen LogP) is 3.27. The number of furan rings is 1. The van der Waals surface area contributed by atoms with E-state index in [-0.39, 0.29) is 17.8 Å². The van der Waals surface area contributed by atoms with E-state index in [4.69, 9.17) is 9.15 Å². The van der Waals surface area contributed by atoms with Crippen LogP contribution in [-0.4, -0.2) is 31.5 Å². The van der Waals surface area contributed by atoms with E-state index in [0.717, 1.165) is 42.0 Å². The molecule has 1 aliphatic heterocycles. The molecule has 1 saturated heterocycles. The van der Waals surface area contributed by atoms with Crippen LogP contribution in [0.5, 0.6) is 0 Å². The smallest absolute Gasteiger partial charge is 0.134 e. The second kappa shape index (κ2) is 7.47. The molecule has 2 N–H and O–H groups in total. The van der Waals surface area contributed by atoms with Crippen molar-refractivity contribution in [1.29, 1.82) is 0 Å². The highest BCUT2D eigenvalue weighted by Crippen LogP contribution is 2.29. The van der Waals surface area contributed by atoms with Gasteiger partial charge < -0.3 is 19.6 Å². The van der Waals surface area contributed by atoms with Crippen LogP contribution in [0.2, 0.25) is 0 Å². The molecular weight excluding hydrogens is 309 g/mol. The number of rotatable bonds is 6. The molecule has 1 aliphatic rings. The van der Waals surface area contributed by atoms with E-state index in [2.05, 4.69) is 5.32 Å². The summed E-state index contributed by atoms with van der Waals surface area (Å²) < 4.78 is 24.5. The topological polar surface area (TPSA) is 54.6 Å². The summed E-state index contributed by atoms with van der Waals surface area (Å²) in [5.41, 5.74) is 1.66. The highest BCUT2D eigenvalue weighted by atomic mass is 19.1. The van der Waals surface area contributed by atoms with Crippen molar-refractivity contribution < 1.29 is 18.7 Å². The first kappa shape index (κ1) is 17.1. The van der Waals surface area contributed by atoms with Gasteiger partial charge in [0.2, 0.25) is 0 Å². The van der Waals surface area contributed by atoms with E-state index in [0.29, 0.717) is 19.8 Å². The van der Waals surface area contributed by atoms with Crippen LogP contribution in [0, 0.1) is 18.2 Å². The van der Waals surface area contributed by atoms with Gasteiger partial charge in [0.1, 0.15) is 17.3 Å². The highest BCUT2D eigenvalue weighted by molar-refractivity contribution is 5.62. The lowest BCUT2D eigenvalue weighted by molar-refractivity contribution is -0.0155. The number of hydrogen-bond donors (Lipinski definition) is 2. The summed E-state index contributed by atoms with van der Waals surface area (Å²) in [6, 6.07) is 8.53. The first-order valence-corrected chi connectivity index (χ1v) is 8.36. The number of aliphatic hydroxyl groups is 1. The monoisotopic (exact) mass is 333 g/mol. The van der Waals surface area contributed by atoms with Crippen molar-refractivity contribution in [3.63, 3.8) is 0 Å². The Hall–Kier alpha value is -1.69. The lowest BCUT2D eigenvalue weighted by Gasteiger charge is -2.35. The van der Waals surface area contributed by atoms with E-state index in [1.165, 1.54) is 12.1 Å². The second-order valence-corrected chi connectivity index (χ2v) is 6.60. The average molecular weight is 333 g/mol. The molecular formula is C19H24FNO3. The van der Waals surface area contributed by atoms with E-state index >= 15 is 0 Å². The molecule has 1 aromatic heterocycles. The number of nitrogens with one attached hydrogen (secondary N) is 1. The Morgan fingerprint density at radius 3 is 2.71 bits per heavy atom. The van der Waals surface area contributed by atoms with Gasteiger partial charge in [-0.3, -0.25) is 0 Å². The first-order valence-electron chi connectivity index (χ1n) is 8.36. The van der Waals surface area contributed by atoms with Crippen molar-refractivity contribution in [2.75, 3.05) is 26.4 Å². The largest absolute Gasteiger partial charge is 0.460 e. The molecule has 0 aliphatic carbocycles. The van der Waals surface area contributed by atoms with E-state index in [9.17, 15) is 9.50 Å². The number of aliphatic hydroxyl groups excluding tert-OH is 1. The third-order valence-electron chi connectivity index (χ3n) is 4.80. The fourth-order valence-electron chi connectivity index (χ4n) is 3.17. The van der Waals surface area contributed by atoms with Crippen LogP contribution in [0.4, 0.5) is 4.39 Å². The summed E-state index contributed by atoms with van der Waals surface area (Å²) in [6.07, 6.45) is 1.74. The van der Waals surface area contributed by atoms with Gasteiger partial charge in [0.25, 0.3) is 0 Å². The molecule has 0 amide bonds. The van der Waals surface area contributed by atoms with Crippen molar-refractivity contribution in [3.8, 4) is 11.3 Å². The normalized spacial score (nSPS) is 17.1. The molecule has 0 unspecified atom stereocenters. The van der Waals surface area contributed by atoms with Gasteiger partial charge in [-0.1, -0.05) is 0 Å². The standard InChI is InChI=1S/C19H24FNO3/c1-14-10-15(20)2-4-17(14)18-5-3-16(24-18)11-21-12-19(13-22)6-8-23-9-7-19/h2-5,10,21-22H,6-9,11-13H2,1H3. The van der Waals surface area contributed by atoms with E-state index < -0.39 is 0 Å². The van der Waals surface area contributed by atoms with Crippen LogP contribution < -0.4 is 5.32 Å². The predicted molar refractivity (Wildman–Crippen MR) is 90.1 cm³/mol. The van der Waals surface area contributed by atoms with Crippen LogP contribution in [0.15, 0.2) is 34.7 Å². The number of ether oxygens (including phenoxy) is 1. The van der Waals surface area contributed by atoms with Crippen LogP contribution >= 0.6 is 0 Å². The van der Waals surface area contributed by atoms with Crippen molar-refractivity contribution in [2.24, 2.45) is 5.41 Å². The van der Waals surface area contributed by atoms with Crippen molar-refractivity contribution >= 4 is 0 Å². The van der Waals surface area contributed by atoms with Crippen LogP contribution in [0.1, 0.15) is 24.2 Å². The van der Waals surface area contributed by atoms with Crippen LogP contribution in [-0.2, 0) is 11.3 Å². The molecule has 0 bridgehead atoms. The second-order valence-electron chi connectivity index (χ2n) is 6.60. The van der Waals surface area contributed by atoms with Gasteiger partial charge in [-0.05, 0) is 55.7 Å². The molecule has 2 aromatic rings. The Labute approximate surface area is 141 Å². The molecule has 1 fully saturated rings. The number of aryl methyl sites for hydroxylation is 1. The van der Waals surface area contributed by atoms with Gasteiger partial charge in [-0.2, -0.15) is 0 Å². The van der Waals surface area contributed by atoms with Crippen molar-refractivity contribution in [3.05, 3.63) is 47.5 Å². The SMILES string of the molecule is Cc1cc(F)ccc1-c1ccc(CNCC2(CO)CCOCC2)o1. The van der Waals surface area contributed by atoms with Crippen LogP contribution in [0.3, 0.4) is 0 Å². The fraction of sp³-hybridized carbons (Fsp3) is 0.474. The summed E-state index contributed by atoms with van der Waals surface area (Å²) in [5, 5.41) is 13.1. The molecule has 3 rings (SSSR count). The fourth-order valence-corrected chi connectivity index (χ4v) is 3.17. The van der Waals surface area contributed by atoms with Crippen molar-refractivity contribution in [1.82, 2.24) is 5.32 Å². The Bertz CT molecular complexity index is 677. The Morgan fingerprint density at radius 1 is 1.21 bits per heavy atom. The van der Waals surface area contributed by atoms with Crippen LogP contribution in [0.25, 0.3) is 11.3 Å². The Balaban J connectivity index is 1.60. The average Bonchev–Trinajstić information content (AvgIpc) is 3.04. The molecule has 0 spiro atoms. The van der Waals surface area contributed by atoms with E-state index in [1.807, 2.05) is 19.1 Å². The molecule has 0 radical (unpaired) electrons. The molecule has 1 aromatic carbocycles. The summed E-state index contributed by atoms with van der Waals surface area (Å²) in [5.74, 6) is 1.33. The van der Waals surface area contributed by atoms with Crippen molar-refractivity contribution in [2.45, 2.75) is 26.3 Å². The Morgan fingerprint density at radius 2 is 2.00 bits per heavy atom. The summed E-state index contributed by atoms with van der Waals surface area (Å²) in [6.45, 7) is 4.78. The van der Waals surface area contributed by atoms with Gasteiger partial charge in [-0.25, -0.2) is 4.39 Å². The summed E-state index contributed by atoms with van der Waals surface area (Å²) in [7, 11) is 0. The molecule has 130 valence electrons. The number of hydrogen-bond acceptors (Lipinski definition) is 4. The lowest BCUT2D eigenvalue weighted by Crippen LogP contribution is -2.41. The maximum atomic E-state index is 13.2. The highest BCUT2D eigenvalue weighted by Gasteiger charge is 2.31. The first-order chi connectivity index (χ1) is 11.6. The maximum absolute atomic E-state index is 13.2. The lowest BCUT2D eigenvalue weighted by atomic mass is 9.81. The zero-order valence-electron chi connectivity index (χ0n) is 14.0. The number of benzene rings is 1. The quantitative estimate of drug-likeness (QED) is 0.852. The van der Waals surface area contributed by atoms with Gasteiger partial charge in [0.05, 0.1) is 13.2 Å².